The normalized spacial score (nSPS) is 18.4. The van der Waals surface area contributed by atoms with E-state index in [0.717, 1.165) is 22.1 Å². The third kappa shape index (κ3) is 6.21. The van der Waals surface area contributed by atoms with Gasteiger partial charge in [0, 0.05) is 19.3 Å². The van der Waals surface area contributed by atoms with E-state index in [1.807, 2.05) is 35.1 Å². The summed E-state index contributed by atoms with van der Waals surface area (Å²) in [6.45, 7) is 4.91. The van der Waals surface area contributed by atoms with Crippen LogP contribution >= 0.6 is 11.8 Å². The van der Waals surface area contributed by atoms with Crippen molar-refractivity contribution in [2.75, 3.05) is 22.8 Å². The molecule has 5 rings (SSSR count). The van der Waals surface area contributed by atoms with E-state index < -0.39 is 16.1 Å². The minimum Gasteiger partial charge on any atom is -0.370 e. The molecule has 0 aromatic heterocycles. The maximum Gasteiger partial charge on any atom is 0.326 e. The van der Waals surface area contributed by atoms with Crippen LogP contribution in [0, 0.1) is 0 Å². The molecule has 2 N–H and O–H groups in total. The quantitative estimate of drug-likeness (QED) is 0.401. The average Bonchev–Trinajstić information content (AvgIpc) is 3.40. The molecule has 40 heavy (non-hydrogen) atoms. The maximum atomic E-state index is 12.6. The van der Waals surface area contributed by atoms with Crippen LogP contribution in [-0.4, -0.2) is 39.0 Å². The number of carbonyl (C=O) groups is 2. The highest BCUT2D eigenvalue weighted by Crippen LogP contribution is 2.30. The van der Waals surface area contributed by atoms with Crippen molar-refractivity contribution >= 4 is 62.1 Å². The smallest absolute Gasteiger partial charge is 0.326 e. The summed E-state index contributed by atoms with van der Waals surface area (Å²) in [5.74, 6) is -0.306. The molecular weight excluding hydrogens is 546 g/mol. The van der Waals surface area contributed by atoms with Crippen molar-refractivity contribution in [3.05, 3.63) is 94.4 Å². The summed E-state index contributed by atoms with van der Waals surface area (Å²) in [4.78, 5) is 31.2. The van der Waals surface area contributed by atoms with E-state index in [0.29, 0.717) is 27.4 Å². The molecule has 3 aromatic carbocycles. The fraction of sp³-hybridized carbons (Fsp3) is 0.207. The van der Waals surface area contributed by atoms with Gasteiger partial charge in [0.1, 0.15) is 6.54 Å². The highest BCUT2D eigenvalue weighted by Gasteiger charge is 2.33. The molecule has 9 nitrogen and oxygen atoms in total. The molecule has 0 unspecified atom stereocenters. The Morgan fingerprint density at radius 3 is 2.27 bits per heavy atom. The van der Waals surface area contributed by atoms with E-state index in [1.54, 1.807) is 24.3 Å². The summed E-state index contributed by atoms with van der Waals surface area (Å²) in [6, 6.07) is 23.1. The van der Waals surface area contributed by atoms with Crippen molar-refractivity contribution in [3.8, 4) is 0 Å². The molecular formula is C29H29N5O4S2. The molecule has 3 aromatic rings. The van der Waals surface area contributed by atoms with Gasteiger partial charge in [-0.2, -0.15) is 8.42 Å². The highest BCUT2D eigenvalue weighted by atomic mass is 32.2. The number of amidine groups is 1. The van der Waals surface area contributed by atoms with E-state index in [1.165, 1.54) is 22.9 Å². The number of nitrogens with one attached hydrogen (secondary N) is 2. The van der Waals surface area contributed by atoms with Crippen LogP contribution in [0.1, 0.15) is 36.5 Å². The van der Waals surface area contributed by atoms with E-state index >= 15 is 0 Å². The third-order valence-corrected chi connectivity index (χ3v) is 8.85. The Labute approximate surface area is 238 Å². The molecule has 0 bridgehead atoms. The second kappa shape index (κ2) is 11.2. The first-order chi connectivity index (χ1) is 19.1. The zero-order valence-corrected chi connectivity index (χ0v) is 23.9. The minimum absolute atomic E-state index is 0.237. The number of hydrogen-bond donors (Lipinski definition) is 2. The second-order valence-corrected chi connectivity index (χ2v) is 12.5. The molecule has 2 amide bonds. The summed E-state index contributed by atoms with van der Waals surface area (Å²) in [6.07, 6.45) is 1.82. The number of aliphatic imine (C=N–C) groups is 1. The van der Waals surface area contributed by atoms with Gasteiger partial charge in [-0.15, -0.1) is 0 Å². The Kier molecular flexibility index (Phi) is 7.68. The first-order valence-corrected chi connectivity index (χ1v) is 15.0. The molecule has 0 radical (unpaired) electrons. The molecule has 206 valence electrons. The third-order valence-electron chi connectivity index (χ3n) is 6.54. The summed E-state index contributed by atoms with van der Waals surface area (Å²) in [5, 5.41) is 3.19. The molecule has 2 aliphatic rings. The molecule has 0 aliphatic carbocycles. The molecule has 2 heterocycles. The Morgan fingerprint density at radius 1 is 1.00 bits per heavy atom. The summed E-state index contributed by atoms with van der Waals surface area (Å²) in [7, 11) is -1.81. The number of benzene rings is 3. The lowest BCUT2D eigenvalue weighted by Gasteiger charge is -2.20. The number of carbonyl (C=O) groups excluding carboxylic acids is 2. The van der Waals surface area contributed by atoms with Crippen molar-refractivity contribution in [2.45, 2.75) is 26.3 Å². The number of hydrogen-bond acceptors (Lipinski definition) is 7. The van der Waals surface area contributed by atoms with E-state index in [2.05, 4.69) is 60.4 Å². The van der Waals surface area contributed by atoms with E-state index in [4.69, 9.17) is 0 Å². The van der Waals surface area contributed by atoms with Crippen molar-refractivity contribution < 1.29 is 18.0 Å². The van der Waals surface area contributed by atoms with Gasteiger partial charge in [-0.05, 0) is 76.8 Å². The second-order valence-electron chi connectivity index (χ2n) is 9.88. The van der Waals surface area contributed by atoms with Crippen LogP contribution in [0.3, 0.4) is 0 Å². The number of anilines is 2. The zero-order chi connectivity index (χ0) is 28.4. The topological polar surface area (TPSA) is 111 Å². The molecule has 2 aliphatic heterocycles. The fourth-order valence-corrected chi connectivity index (χ4v) is 6.31. The Morgan fingerprint density at radius 2 is 1.68 bits per heavy atom. The largest absolute Gasteiger partial charge is 0.370 e. The first kappa shape index (κ1) is 27.5. The number of amides is 2. The molecule has 0 atom stereocenters. The van der Waals surface area contributed by atoms with Crippen molar-refractivity contribution in [3.63, 3.8) is 0 Å². The lowest BCUT2D eigenvalue weighted by atomic mass is 10.0. The monoisotopic (exact) mass is 575 g/mol. The van der Waals surface area contributed by atoms with Gasteiger partial charge in [-0.3, -0.25) is 9.59 Å². The van der Waals surface area contributed by atoms with Crippen LogP contribution in [0.4, 0.5) is 17.1 Å². The first-order valence-electron chi connectivity index (χ1n) is 12.7. The van der Waals surface area contributed by atoms with Crippen LogP contribution in [0.15, 0.2) is 82.7 Å². The van der Waals surface area contributed by atoms with Crippen LogP contribution in [0.2, 0.25) is 0 Å². The Balaban J connectivity index is 1.22. The zero-order valence-electron chi connectivity index (χ0n) is 22.3. The predicted molar refractivity (Wildman–Crippen MR) is 161 cm³/mol. The lowest BCUT2D eigenvalue weighted by molar-refractivity contribution is -0.117. The number of rotatable bonds is 7. The highest BCUT2D eigenvalue weighted by molar-refractivity contribution is 8.18. The SMILES string of the molecule is CC(C)c1ccc(CN(C)c2ccc(/C=C3/SC(=Nc4ccc(N5CC(=O)NS5(=O)=O)cc4)NC3=O)cc2)cc1. The molecule has 2 fully saturated rings. The van der Waals surface area contributed by atoms with Crippen molar-refractivity contribution in [1.29, 1.82) is 0 Å². The molecule has 0 spiro atoms. The van der Waals surface area contributed by atoms with Crippen molar-refractivity contribution in [2.24, 2.45) is 4.99 Å². The molecule has 0 saturated carbocycles. The Hall–Kier alpha value is -4.09. The summed E-state index contributed by atoms with van der Waals surface area (Å²) >= 11 is 1.23. The predicted octanol–water partition coefficient (Wildman–Crippen LogP) is 4.52. The lowest BCUT2D eigenvalue weighted by Crippen LogP contribution is -2.29. The van der Waals surface area contributed by atoms with Crippen LogP contribution in [-0.2, 0) is 26.3 Å². The van der Waals surface area contributed by atoms with Gasteiger partial charge in [0.2, 0.25) is 0 Å². The van der Waals surface area contributed by atoms with E-state index in [9.17, 15) is 18.0 Å². The maximum absolute atomic E-state index is 12.6. The van der Waals surface area contributed by atoms with Gasteiger partial charge < -0.3 is 10.2 Å². The minimum atomic E-state index is -3.87. The molecule has 11 heteroatoms. The van der Waals surface area contributed by atoms with Gasteiger partial charge in [-0.25, -0.2) is 14.0 Å². The van der Waals surface area contributed by atoms with Gasteiger partial charge >= 0.3 is 10.2 Å². The van der Waals surface area contributed by atoms with Crippen LogP contribution in [0.5, 0.6) is 0 Å². The Bertz CT molecular complexity index is 1600. The average molecular weight is 576 g/mol. The van der Waals surface area contributed by atoms with Crippen molar-refractivity contribution in [1.82, 2.24) is 10.0 Å². The standard InChI is InChI=1S/C29H29N5O4S2/c1-19(2)22-8-4-21(5-9-22)17-33(3)24-12-6-20(7-13-24)16-26-28(36)31-29(39-26)30-23-10-14-25(15-11-23)34-18-27(35)32-40(34,37)38/h4-16,19H,17-18H2,1-3H3,(H,32,35)(H,30,31,36)/b26-16+. The fourth-order valence-electron chi connectivity index (χ4n) is 4.32. The summed E-state index contributed by atoms with van der Waals surface area (Å²) < 4.78 is 27.0. The van der Waals surface area contributed by atoms with Gasteiger partial charge in [0.05, 0.1) is 16.3 Å². The van der Waals surface area contributed by atoms with E-state index in [-0.39, 0.29) is 12.5 Å². The van der Waals surface area contributed by atoms with Gasteiger partial charge in [0.25, 0.3) is 11.8 Å². The summed E-state index contributed by atoms with van der Waals surface area (Å²) in [5.41, 5.74) is 5.43. The van der Waals surface area contributed by atoms with Crippen LogP contribution < -0.4 is 19.2 Å². The number of thioether (sulfide) groups is 1. The molecule has 2 saturated heterocycles. The van der Waals surface area contributed by atoms with Crippen LogP contribution in [0.25, 0.3) is 6.08 Å². The van der Waals surface area contributed by atoms with Gasteiger partial charge in [0.15, 0.2) is 5.17 Å². The number of nitrogens with zero attached hydrogens (tertiary/aromatic N) is 3. The van der Waals surface area contributed by atoms with Gasteiger partial charge in [-0.1, -0.05) is 50.2 Å².